The first-order valence-corrected chi connectivity index (χ1v) is 7.52. The molecule has 0 aliphatic rings. The molecular formula is C17H14BrNO3. The molecule has 3 aromatic rings. The van der Waals surface area contributed by atoms with Gasteiger partial charge in [-0.15, -0.1) is 0 Å². The van der Waals surface area contributed by atoms with Crippen molar-refractivity contribution in [3.63, 3.8) is 0 Å². The van der Waals surface area contributed by atoms with E-state index < -0.39 is 0 Å². The normalized spacial score (nSPS) is 10.9. The molecule has 4 nitrogen and oxygen atoms in total. The quantitative estimate of drug-likeness (QED) is 0.532. The summed E-state index contributed by atoms with van der Waals surface area (Å²) in [5, 5.41) is 0.709. The largest absolute Gasteiger partial charge is 0.440 e. The minimum absolute atomic E-state index is 0.302. The summed E-state index contributed by atoms with van der Waals surface area (Å²) in [5.41, 5.74) is 9.22. The molecule has 5 heteroatoms. The number of hydrogen-bond donors (Lipinski definition) is 1. The van der Waals surface area contributed by atoms with Gasteiger partial charge < -0.3 is 14.9 Å². The van der Waals surface area contributed by atoms with E-state index in [4.69, 9.17) is 14.9 Å². The van der Waals surface area contributed by atoms with Crippen molar-refractivity contribution in [2.24, 2.45) is 0 Å². The molecule has 0 saturated heterocycles. The van der Waals surface area contributed by atoms with E-state index >= 15 is 0 Å². The standard InChI is InChI=1S/C17H14BrNO3/c1-9-7-13(21-10(2)20)16-14(8-9)22-17(19)15(16)11-3-5-12(18)6-4-11/h3-8H,19H2,1-2H3. The fourth-order valence-corrected chi connectivity index (χ4v) is 2.74. The number of nitrogen functional groups attached to an aromatic ring is 1. The van der Waals surface area contributed by atoms with Crippen LogP contribution in [0.15, 0.2) is 45.3 Å². The SMILES string of the molecule is CC(=O)Oc1cc(C)cc2oc(N)c(-c3ccc(Br)cc3)c12. The molecule has 22 heavy (non-hydrogen) atoms. The Morgan fingerprint density at radius 2 is 1.91 bits per heavy atom. The van der Waals surface area contributed by atoms with Gasteiger partial charge in [-0.25, -0.2) is 0 Å². The van der Waals surface area contributed by atoms with Gasteiger partial charge in [0.15, 0.2) is 5.88 Å². The van der Waals surface area contributed by atoms with Crippen LogP contribution in [-0.4, -0.2) is 5.97 Å². The zero-order valence-electron chi connectivity index (χ0n) is 12.1. The van der Waals surface area contributed by atoms with Gasteiger partial charge in [-0.1, -0.05) is 28.1 Å². The van der Waals surface area contributed by atoms with Crippen LogP contribution >= 0.6 is 15.9 Å². The summed E-state index contributed by atoms with van der Waals surface area (Å²) in [6.45, 7) is 3.28. The molecule has 0 atom stereocenters. The van der Waals surface area contributed by atoms with Gasteiger partial charge in [-0.2, -0.15) is 0 Å². The van der Waals surface area contributed by atoms with Crippen molar-refractivity contribution >= 4 is 38.8 Å². The Kier molecular flexibility index (Phi) is 3.66. The second-order valence-electron chi connectivity index (χ2n) is 5.08. The zero-order valence-corrected chi connectivity index (χ0v) is 13.7. The lowest BCUT2D eigenvalue weighted by Crippen LogP contribution is -2.02. The van der Waals surface area contributed by atoms with E-state index in [2.05, 4.69) is 15.9 Å². The van der Waals surface area contributed by atoms with Gasteiger partial charge in [-0.3, -0.25) is 4.79 Å². The van der Waals surface area contributed by atoms with Crippen LogP contribution in [0.3, 0.4) is 0 Å². The van der Waals surface area contributed by atoms with Crippen molar-refractivity contribution in [3.8, 4) is 16.9 Å². The number of carbonyl (C=O) groups excluding carboxylic acids is 1. The number of carbonyl (C=O) groups is 1. The van der Waals surface area contributed by atoms with E-state index in [0.29, 0.717) is 22.6 Å². The smallest absolute Gasteiger partial charge is 0.308 e. The lowest BCUT2D eigenvalue weighted by atomic mass is 10.0. The maximum Gasteiger partial charge on any atom is 0.308 e. The first-order valence-electron chi connectivity index (χ1n) is 6.72. The van der Waals surface area contributed by atoms with Crippen LogP contribution in [0.4, 0.5) is 5.88 Å². The van der Waals surface area contributed by atoms with E-state index in [1.54, 1.807) is 6.07 Å². The van der Waals surface area contributed by atoms with Crippen molar-refractivity contribution in [1.29, 1.82) is 0 Å². The van der Waals surface area contributed by atoms with Crippen LogP contribution in [-0.2, 0) is 4.79 Å². The molecule has 0 aliphatic heterocycles. The number of esters is 1. The summed E-state index contributed by atoms with van der Waals surface area (Å²) < 4.78 is 12.0. The number of halogens is 1. The average molecular weight is 360 g/mol. The number of benzene rings is 2. The predicted octanol–water partition coefficient (Wildman–Crippen LogP) is 4.68. The van der Waals surface area contributed by atoms with E-state index in [1.807, 2.05) is 37.3 Å². The molecular weight excluding hydrogens is 346 g/mol. The number of ether oxygens (including phenoxy) is 1. The number of nitrogens with two attached hydrogens (primary N) is 1. The second-order valence-corrected chi connectivity index (χ2v) is 5.99. The van der Waals surface area contributed by atoms with Gasteiger partial charge in [-0.05, 0) is 42.3 Å². The fraction of sp³-hybridized carbons (Fsp3) is 0.118. The predicted molar refractivity (Wildman–Crippen MR) is 89.8 cm³/mol. The third-order valence-electron chi connectivity index (χ3n) is 3.31. The highest BCUT2D eigenvalue weighted by Gasteiger charge is 2.19. The lowest BCUT2D eigenvalue weighted by Gasteiger charge is -2.07. The molecule has 0 fully saturated rings. The van der Waals surface area contributed by atoms with E-state index in [-0.39, 0.29) is 5.97 Å². The number of aryl methyl sites for hydroxylation is 1. The molecule has 1 aromatic heterocycles. The summed E-state index contributed by atoms with van der Waals surface area (Å²) in [6, 6.07) is 11.4. The van der Waals surface area contributed by atoms with Gasteiger partial charge in [0.05, 0.1) is 10.9 Å². The van der Waals surface area contributed by atoms with Gasteiger partial charge in [0, 0.05) is 11.4 Å². The van der Waals surface area contributed by atoms with Crippen LogP contribution in [0.25, 0.3) is 22.1 Å². The number of fused-ring (bicyclic) bond motifs is 1. The molecule has 1 heterocycles. The van der Waals surface area contributed by atoms with Crippen molar-refractivity contribution in [1.82, 2.24) is 0 Å². The van der Waals surface area contributed by atoms with E-state index in [1.165, 1.54) is 6.92 Å². The van der Waals surface area contributed by atoms with Gasteiger partial charge in [0.1, 0.15) is 11.3 Å². The molecule has 112 valence electrons. The monoisotopic (exact) mass is 359 g/mol. The molecule has 0 amide bonds. The maximum atomic E-state index is 11.4. The Labute approximate surface area is 136 Å². The number of anilines is 1. The molecule has 0 saturated carbocycles. The average Bonchev–Trinajstić information content (AvgIpc) is 2.75. The fourth-order valence-electron chi connectivity index (χ4n) is 2.48. The molecule has 0 aliphatic carbocycles. The van der Waals surface area contributed by atoms with Crippen LogP contribution in [0, 0.1) is 6.92 Å². The third kappa shape index (κ3) is 2.60. The van der Waals surface area contributed by atoms with Crippen LogP contribution in [0.2, 0.25) is 0 Å². The van der Waals surface area contributed by atoms with Crippen LogP contribution in [0.1, 0.15) is 12.5 Å². The van der Waals surface area contributed by atoms with Crippen molar-refractivity contribution in [2.75, 3.05) is 5.73 Å². The number of furan rings is 1. The Morgan fingerprint density at radius 3 is 2.55 bits per heavy atom. The lowest BCUT2D eigenvalue weighted by molar-refractivity contribution is -0.131. The van der Waals surface area contributed by atoms with Gasteiger partial charge in [0.2, 0.25) is 0 Å². The van der Waals surface area contributed by atoms with Crippen LogP contribution < -0.4 is 10.5 Å². The Bertz CT molecular complexity index is 866. The Balaban J connectivity index is 2.31. The maximum absolute atomic E-state index is 11.4. The van der Waals surface area contributed by atoms with Gasteiger partial charge >= 0.3 is 5.97 Å². The van der Waals surface area contributed by atoms with Crippen molar-refractivity contribution < 1.29 is 13.9 Å². The van der Waals surface area contributed by atoms with Crippen LogP contribution in [0.5, 0.6) is 5.75 Å². The summed E-state index contributed by atoms with van der Waals surface area (Å²) in [7, 11) is 0. The molecule has 0 radical (unpaired) electrons. The summed E-state index contributed by atoms with van der Waals surface area (Å²) in [5.74, 6) is 0.380. The molecule has 2 aromatic carbocycles. The van der Waals surface area contributed by atoms with Crippen molar-refractivity contribution in [3.05, 3.63) is 46.4 Å². The highest BCUT2D eigenvalue weighted by Crippen LogP contribution is 2.42. The topological polar surface area (TPSA) is 65.5 Å². The summed E-state index contributed by atoms with van der Waals surface area (Å²) >= 11 is 3.41. The Morgan fingerprint density at radius 1 is 1.23 bits per heavy atom. The molecule has 0 bridgehead atoms. The minimum Gasteiger partial charge on any atom is -0.440 e. The molecule has 0 spiro atoms. The minimum atomic E-state index is -0.381. The zero-order chi connectivity index (χ0) is 15.9. The molecule has 2 N–H and O–H groups in total. The molecule has 0 unspecified atom stereocenters. The van der Waals surface area contributed by atoms with Crippen molar-refractivity contribution in [2.45, 2.75) is 13.8 Å². The summed E-state index contributed by atoms with van der Waals surface area (Å²) in [6.07, 6.45) is 0. The number of hydrogen-bond acceptors (Lipinski definition) is 4. The highest BCUT2D eigenvalue weighted by molar-refractivity contribution is 9.10. The first kappa shape index (κ1) is 14.7. The molecule has 3 rings (SSSR count). The summed E-state index contributed by atoms with van der Waals surface area (Å²) in [4.78, 5) is 11.4. The number of rotatable bonds is 2. The highest BCUT2D eigenvalue weighted by atomic mass is 79.9. The Hall–Kier alpha value is -2.27. The second kappa shape index (κ2) is 5.50. The third-order valence-corrected chi connectivity index (χ3v) is 3.84. The van der Waals surface area contributed by atoms with E-state index in [0.717, 1.165) is 21.2 Å². The van der Waals surface area contributed by atoms with E-state index in [9.17, 15) is 4.79 Å². The van der Waals surface area contributed by atoms with Gasteiger partial charge in [0.25, 0.3) is 0 Å². The first-order chi connectivity index (χ1) is 10.5.